The van der Waals surface area contributed by atoms with E-state index in [9.17, 15) is 29.7 Å². The number of allylic oxidation sites excluding steroid dienone is 7. The van der Waals surface area contributed by atoms with Gasteiger partial charge in [-0.15, -0.1) is 0 Å². The van der Waals surface area contributed by atoms with Crippen molar-refractivity contribution < 1.29 is 43.9 Å². The van der Waals surface area contributed by atoms with Crippen LogP contribution in [0.4, 0.5) is 0 Å². The first-order valence-electron chi connectivity index (χ1n) is 13.0. The number of hydrogen-bond acceptors (Lipinski definition) is 10. The summed E-state index contributed by atoms with van der Waals surface area (Å²) < 4.78 is 17.5. The molecule has 0 bridgehead atoms. The number of ether oxygens (including phenoxy) is 3. The van der Waals surface area contributed by atoms with E-state index in [4.69, 9.17) is 19.9 Å². The van der Waals surface area contributed by atoms with Crippen LogP contribution in [0.3, 0.4) is 0 Å². The van der Waals surface area contributed by atoms with Crippen LogP contribution in [0.1, 0.15) is 40.0 Å². The molecule has 0 radical (unpaired) electrons. The van der Waals surface area contributed by atoms with Gasteiger partial charge >= 0.3 is 0 Å². The van der Waals surface area contributed by atoms with Crippen molar-refractivity contribution in [2.75, 3.05) is 7.11 Å². The van der Waals surface area contributed by atoms with Gasteiger partial charge in [0.25, 0.3) is 0 Å². The Bertz CT molecular complexity index is 1190. The summed E-state index contributed by atoms with van der Waals surface area (Å²) in [6.45, 7) is 4.90. The Kier molecular flexibility index (Phi) is 6.66. The SMILES string of the molecule is COC1=CC=C[C@H]2C(=O)C3=C(O)[C@@H]4C[C@@](C)(C(C)=O)C[C@H](O[C@@H]5C[C@H](N)[C@H](O)[C@@H](C)O5)[C@@H]4C(O)=C3C(=O)[C@@H]12. The fraction of sp³-hybridized carbons (Fsp3) is 0.607. The molecule has 0 aromatic rings. The molecule has 206 valence electrons. The first-order chi connectivity index (χ1) is 17.9. The summed E-state index contributed by atoms with van der Waals surface area (Å²) in [7, 11) is 1.41. The lowest BCUT2D eigenvalue weighted by Crippen LogP contribution is -2.55. The summed E-state index contributed by atoms with van der Waals surface area (Å²) in [5, 5.41) is 33.3. The third kappa shape index (κ3) is 3.97. The molecule has 5 N–H and O–H groups in total. The van der Waals surface area contributed by atoms with Gasteiger partial charge in [-0.3, -0.25) is 14.4 Å². The normalized spacial score (nSPS) is 42.8. The van der Waals surface area contributed by atoms with E-state index < -0.39 is 71.3 Å². The Morgan fingerprint density at radius 2 is 1.84 bits per heavy atom. The van der Waals surface area contributed by atoms with Crippen LogP contribution < -0.4 is 5.73 Å². The number of nitrogens with two attached hydrogens (primary N) is 1. The fourth-order valence-electron chi connectivity index (χ4n) is 6.76. The summed E-state index contributed by atoms with van der Waals surface area (Å²) in [6.07, 6.45) is 2.20. The molecule has 0 aromatic heterocycles. The number of rotatable bonds is 4. The van der Waals surface area contributed by atoms with E-state index in [0.717, 1.165) is 0 Å². The number of Topliss-reactive ketones (excluding diaryl/α,β-unsaturated/α-hetero) is 3. The molecule has 5 aliphatic rings. The fourth-order valence-corrected chi connectivity index (χ4v) is 6.76. The summed E-state index contributed by atoms with van der Waals surface area (Å²) in [5.74, 6) is -5.03. The van der Waals surface area contributed by atoms with Crippen molar-refractivity contribution in [1.29, 1.82) is 0 Å². The van der Waals surface area contributed by atoms with Gasteiger partial charge in [-0.05, 0) is 32.8 Å². The van der Waals surface area contributed by atoms with E-state index >= 15 is 0 Å². The molecule has 1 saturated heterocycles. The van der Waals surface area contributed by atoms with Crippen LogP contribution in [0, 0.1) is 29.1 Å². The molecule has 10 nitrogen and oxygen atoms in total. The van der Waals surface area contributed by atoms with E-state index in [1.807, 2.05) is 0 Å². The Hall–Kier alpha value is -2.79. The molecule has 5 rings (SSSR count). The Balaban J connectivity index is 1.58. The monoisotopic (exact) mass is 529 g/mol. The number of aliphatic hydroxyl groups is 3. The Morgan fingerprint density at radius 1 is 1.16 bits per heavy atom. The smallest absolute Gasteiger partial charge is 0.178 e. The molecule has 0 unspecified atom stereocenters. The zero-order chi connectivity index (χ0) is 27.7. The van der Waals surface area contributed by atoms with Crippen molar-refractivity contribution in [2.24, 2.45) is 34.8 Å². The quantitative estimate of drug-likeness (QED) is 0.423. The number of carbonyl (C=O) groups excluding carboxylic acids is 3. The average Bonchev–Trinajstić information content (AvgIpc) is 2.87. The van der Waals surface area contributed by atoms with Gasteiger partial charge in [0.2, 0.25) is 0 Å². The summed E-state index contributed by atoms with van der Waals surface area (Å²) in [6, 6.07) is -0.603. The van der Waals surface area contributed by atoms with Gasteiger partial charge in [0, 0.05) is 23.8 Å². The van der Waals surface area contributed by atoms with Gasteiger partial charge in [0.05, 0.1) is 54.3 Å². The van der Waals surface area contributed by atoms with Crippen LogP contribution in [0.15, 0.2) is 46.7 Å². The van der Waals surface area contributed by atoms with Gasteiger partial charge in [-0.2, -0.15) is 0 Å². The third-order valence-corrected chi connectivity index (χ3v) is 9.07. The molecular formula is C28H35NO9. The Morgan fingerprint density at radius 3 is 2.47 bits per heavy atom. The molecule has 3 fully saturated rings. The van der Waals surface area contributed by atoms with Gasteiger partial charge in [-0.25, -0.2) is 0 Å². The van der Waals surface area contributed by atoms with E-state index in [0.29, 0.717) is 5.76 Å². The second-order valence-corrected chi connectivity index (χ2v) is 11.4. The van der Waals surface area contributed by atoms with E-state index in [-0.39, 0.29) is 47.7 Å². The summed E-state index contributed by atoms with van der Waals surface area (Å²) >= 11 is 0. The van der Waals surface area contributed by atoms with Gasteiger partial charge in [0.15, 0.2) is 17.9 Å². The molecule has 0 spiro atoms. The largest absolute Gasteiger partial charge is 0.511 e. The number of ketones is 3. The first kappa shape index (κ1) is 26.8. The number of carbonyl (C=O) groups is 3. The topological polar surface area (TPSA) is 166 Å². The molecule has 38 heavy (non-hydrogen) atoms. The van der Waals surface area contributed by atoms with Crippen LogP contribution in [0.5, 0.6) is 0 Å². The molecule has 1 aliphatic heterocycles. The molecule has 4 aliphatic carbocycles. The summed E-state index contributed by atoms with van der Waals surface area (Å²) in [5.41, 5.74) is 4.73. The van der Waals surface area contributed by atoms with Crippen molar-refractivity contribution in [3.63, 3.8) is 0 Å². The van der Waals surface area contributed by atoms with Crippen molar-refractivity contribution in [1.82, 2.24) is 0 Å². The molecule has 1 heterocycles. The lowest BCUT2D eigenvalue weighted by molar-refractivity contribution is -0.255. The molecule has 10 heteroatoms. The highest BCUT2D eigenvalue weighted by molar-refractivity contribution is 6.21. The maximum absolute atomic E-state index is 13.8. The molecular weight excluding hydrogens is 494 g/mol. The molecule has 0 amide bonds. The van der Waals surface area contributed by atoms with E-state index in [1.165, 1.54) is 14.0 Å². The maximum Gasteiger partial charge on any atom is 0.178 e. The average molecular weight is 530 g/mol. The number of fused-ring (bicyclic) bond motifs is 3. The van der Waals surface area contributed by atoms with Crippen LogP contribution in [-0.2, 0) is 28.6 Å². The van der Waals surface area contributed by atoms with E-state index in [2.05, 4.69) is 0 Å². The second-order valence-electron chi connectivity index (χ2n) is 11.4. The van der Waals surface area contributed by atoms with Crippen LogP contribution in [0.2, 0.25) is 0 Å². The van der Waals surface area contributed by atoms with Crippen molar-refractivity contribution in [2.45, 2.75) is 70.7 Å². The molecule has 0 aromatic carbocycles. The van der Waals surface area contributed by atoms with Gasteiger partial charge in [0.1, 0.15) is 23.1 Å². The standard InChI is InChI=1S/C28H35NO9/c1-11-23(31)15(29)8-18(37-11)38-17-10-28(3,12(2)30)9-14-20(17)27(35)22-21(25(14)33)24(32)13-6-5-7-16(36-4)19(13)26(22)34/h5-7,11,13-15,17-20,23,31,33,35H,8-10,29H2,1-4H3/t11-,13-,14-,15+,17+,18-,19-,20-,23-,28-/m1/s1. The van der Waals surface area contributed by atoms with Crippen LogP contribution >= 0.6 is 0 Å². The van der Waals surface area contributed by atoms with Crippen molar-refractivity contribution in [3.8, 4) is 0 Å². The third-order valence-electron chi connectivity index (χ3n) is 9.07. The maximum atomic E-state index is 13.8. The highest BCUT2D eigenvalue weighted by Gasteiger charge is 2.58. The zero-order valence-electron chi connectivity index (χ0n) is 21.9. The zero-order valence-corrected chi connectivity index (χ0v) is 21.9. The Labute approximate surface area is 220 Å². The predicted octanol–water partition coefficient (Wildman–Crippen LogP) is 1.94. The van der Waals surface area contributed by atoms with E-state index in [1.54, 1.807) is 32.1 Å². The minimum atomic E-state index is -0.949. The number of aliphatic hydroxyl groups excluding tert-OH is 3. The molecule has 2 saturated carbocycles. The van der Waals surface area contributed by atoms with Crippen LogP contribution in [0.25, 0.3) is 0 Å². The minimum Gasteiger partial charge on any atom is -0.511 e. The number of hydrogen-bond donors (Lipinski definition) is 4. The van der Waals surface area contributed by atoms with Crippen molar-refractivity contribution >= 4 is 17.3 Å². The van der Waals surface area contributed by atoms with Crippen LogP contribution in [-0.4, -0.2) is 70.4 Å². The lowest BCUT2D eigenvalue weighted by Gasteiger charge is -2.50. The minimum absolute atomic E-state index is 0.127. The molecule has 10 atom stereocenters. The number of methoxy groups -OCH3 is 1. The van der Waals surface area contributed by atoms with Gasteiger partial charge < -0.3 is 35.3 Å². The lowest BCUT2D eigenvalue weighted by atomic mass is 9.57. The van der Waals surface area contributed by atoms with Crippen molar-refractivity contribution in [3.05, 3.63) is 46.7 Å². The highest BCUT2D eigenvalue weighted by Crippen LogP contribution is 2.55. The predicted molar refractivity (Wildman–Crippen MR) is 133 cm³/mol. The second kappa shape index (κ2) is 9.44. The highest BCUT2D eigenvalue weighted by atomic mass is 16.7. The summed E-state index contributed by atoms with van der Waals surface area (Å²) in [4.78, 5) is 40.1. The van der Waals surface area contributed by atoms with Gasteiger partial charge in [-0.1, -0.05) is 19.1 Å². The first-order valence-corrected chi connectivity index (χ1v) is 13.0.